The molecule has 0 aliphatic carbocycles. The molecule has 0 bridgehead atoms. The number of likely N-dealkylation sites (N-methyl/N-ethyl adjacent to an activating group) is 1. The number of amides is 1. The predicted octanol–water partition coefficient (Wildman–Crippen LogP) is 2.51. The van der Waals surface area contributed by atoms with Gasteiger partial charge in [0.1, 0.15) is 5.69 Å². The molecule has 5 heterocycles. The summed E-state index contributed by atoms with van der Waals surface area (Å²) in [6, 6.07) is 7.67. The maximum atomic E-state index is 14.5. The molecular weight excluding hydrogens is 514 g/mol. The molecule has 14 heteroatoms. The molecule has 204 valence electrons. The molecule has 4 aromatic heterocycles. The molecule has 1 fully saturated rings. The Hall–Kier alpha value is -4.30. The van der Waals surface area contributed by atoms with Crippen LogP contribution in [0.1, 0.15) is 25.3 Å². The fourth-order valence-electron chi connectivity index (χ4n) is 4.29. The highest BCUT2D eigenvalue weighted by Crippen LogP contribution is 2.45. The summed E-state index contributed by atoms with van der Waals surface area (Å²) in [6.45, 7) is 4.55. The number of aliphatic hydroxyl groups is 2. The second-order valence-electron chi connectivity index (χ2n) is 10.1. The summed E-state index contributed by atoms with van der Waals surface area (Å²) < 4.78 is 35.7. The second kappa shape index (κ2) is 9.17. The summed E-state index contributed by atoms with van der Waals surface area (Å²) in [4.78, 5) is 26.3. The number of aromatic nitrogens is 6. The van der Waals surface area contributed by atoms with Crippen molar-refractivity contribution in [1.29, 1.82) is 0 Å². The van der Waals surface area contributed by atoms with Crippen molar-refractivity contribution in [3.63, 3.8) is 0 Å². The fourth-order valence-corrected chi connectivity index (χ4v) is 4.29. The molecule has 39 heavy (non-hydrogen) atoms. The number of halogens is 2. The Balaban J connectivity index is 1.40. The summed E-state index contributed by atoms with van der Waals surface area (Å²) in [7, 11) is 1.17. The van der Waals surface area contributed by atoms with Crippen LogP contribution in [0.3, 0.4) is 0 Å². The third-order valence-electron chi connectivity index (χ3n) is 6.16. The first-order chi connectivity index (χ1) is 18.3. The van der Waals surface area contributed by atoms with Gasteiger partial charge in [0.2, 0.25) is 5.95 Å². The number of pyridine rings is 1. The largest absolute Gasteiger partial charge is 0.389 e. The van der Waals surface area contributed by atoms with Gasteiger partial charge in [0.05, 0.1) is 47.2 Å². The number of nitrogens with one attached hydrogen (secondary N) is 1. The number of carbonyl (C=O) groups is 1. The topological polar surface area (TPSA) is 155 Å². The highest BCUT2D eigenvalue weighted by atomic mass is 19.3. The van der Waals surface area contributed by atoms with Gasteiger partial charge < -0.3 is 25.0 Å². The zero-order valence-corrected chi connectivity index (χ0v) is 21.6. The average molecular weight is 541 g/mol. The highest BCUT2D eigenvalue weighted by Gasteiger charge is 2.68. The van der Waals surface area contributed by atoms with Crippen LogP contribution in [0, 0.1) is 6.92 Å². The van der Waals surface area contributed by atoms with Crippen LogP contribution in [-0.2, 0) is 16.9 Å². The molecule has 0 saturated carbocycles. The Bertz CT molecular complexity index is 1550. The Morgan fingerprint density at radius 3 is 2.51 bits per heavy atom. The minimum Gasteiger partial charge on any atom is -0.389 e. The van der Waals surface area contributed by atoms with E-state index in [1.165, 1.54) is 7.05 Å². The van der Waals surface area contributed by atoms with Crippen LogP contribution in [0.2, 0.25) is 0 Å². The van der Waals surface area contributed by atoms with Gasteiger partial charge in [0, 0.05) is 25.5 Å². The lowest BCUT2D eigenvalue weighted by Crippen LogP contribution is -2.46. The summed E-state index contributed by atoms with van der Waals surface area (Å²) in [5.41, 5.74) is -1.54. The van der Waals surface area contributed by atoms with Gasteiger partial charge in [-0.1, -0.05) is 11.2 Å². The van der Waals surface area contributed by atoms with Gasteiger partial charge in [-0.3, -0.25) is 9.48 Å². The van der Waals surface area contributed by atoms with Crippen molar-refractivity contribution < 1.29 is 28.3 Å². The zero-order chi connectivity index (χ0) is 28.2. The van der Waals surface area contributed by atoms with Gasteiger partial charge in [-0.25, -0.2) is 23.7 Å². The van der Waals surface area contributed by atoms with E-state index in [0.29, 0.717) is 29.3 Å². The van der Waals surface area contributed by atoms with Crippen LogP contribution in [0.4, 0.5) is 20.4 Å². The van der Waals surface area contributed by atoms with E-state index in [2.05, 4.69) is 30.5 Å². The van der Waals surface area contributed by atoms with Crippen LogP contribution in [0.25, 0.3) is 22.8 Å². The molecule has 1 atom stereocenters. The first kappa shape index (κ1) is 26.3. The predicted molar refractivity (Wildman–Crippen MR) is 134 cm³/mol. The van der Waals surface area contributed by atoms with Crippen molar-refractivity contribution in [2.45, 2.75) is 44.4 Å². The highest BCUT2D eigenvalue weighted by molar-refractivity contribution is 5.89. The Morgan fingerprint density at radius 1 is 1.15 bits per heavy atom. The number of nitrogens with zero attached hydrogens (tertiary/aromatic N) is 7. The molecule has 12 nitrogen and oxygen atoms in total. The van der Waals surface area contributed by atoms with Crippen molar-refractivity contribution in [2.24, 2.45) is 0 Å². The lowest BCUT2D eigenvalue weighted by atomic mass is 9.95. The zero-order valence-electron chi connectivity index (χ0n) is 21.6. The SMILES string of the molecule is Cc1nn(CC(C)(C)O)cc1Nc1nccc(-c2cccc(-c3cc(C4(O)C(=O)N(C)CC4(F)F)on3)n2)n1. The molecule has 0 spiro atoms. The van der Waals surface area contributed by atoms with Crippen molar-refractivity contribution in [1.82, 2.24) is 34.8 Å². The quantitative estimate of drug-likeness (QED) is 0.318. The molecule has 1 amide bonds. The van der Waals surface area contributed by atoms with Gasteiger partial charge in [0.25, 0.3) is 11.5 Å². The number of carbonyl (C=O) groups excluding carboxylic acids is 1. The number of likely N-dealkylation sites (tertiary alicyclic amines) is 1. The first-order valence-corrected chi connectivity index (χ1v) is 11.9. The molecule has 5 rings (SSSR count). The molecule has 1 aliphatic rings. The minimum atomic E-state index is -3.77. The van der Waals surface area contributed by atoms with Gasteiger partial charge in [0.15, 0.2) is 5.76 Å². The number of hydrogen-bond donors (Lipinski definition) is 3. The van der Waals surface area contributed by atoms with Gasteiger partial charge in [-0.15, -0.1) is 0 Å². The number of alkyl halides is 2. The summed E-state index contributed by atoms with van der Waals surface area (Å²) in [5, 5.41) is 31.9. The number of aryl methyl sites for hydroxylation is 1. The molecule has 1 aliphatic heterocycles. The standard InChI is InChI=1S/C25H26F2N8O4/c1-14-19(11-35(32-14)12-23(2,3)37)31-22-28-9-8-17(30-22)15-6-5-7-16(29-15)18-10-20(39-33-18)25(38)21(36)34(4)13-24(25,26)27/h5-11,37-38H,12-13H2,1-4H3,(H,28,30,31). The smallest absolute Gasteiger partial charge is 0.309 e. The van der Waals surface area contributed by atoms with Crippen molar-refractivity contribution >= 4 is 17.5 Å². The molecule has 3 N–H and O–H groups in total. The Labute approximate surface area is 221 Å². The normalized spacial score (nSPS) is 19.1. The van der Waals surface area contributed by atoms with Crippen LogP contribution in [0.5, 0.6) is 0 Å². The lowest BCUT2D eigenvalue weighted by Gasteiger charge is -2.22. The second-order valence-corrected chi connectivity index (χ2v) is 10.1. The number of hydrogen-bond acceptors (Lipinski definition) is 10. The van der Waals surface area contributed by atoms with E-state index in [-0.39, 0.29) is 17.3 Å². The van der Waals surface area contributed by atoms with Gasteiger partial charge >= 0.3 is 5.92 Å². The third kappa shape index (κ3) is 4.83. The van der Waals surface area contributed by atoms with Crippen LogP contribution < -0.4 is 5.32 Å². The van der Waals surface area contributed by atoms with Crippen LogP contribution in [0.15, 0.2) is 47.2 Å². The number of anilines is 2. The summed E-state index contributed by atoms with van der Waals surface area (Å²) >= 11 is 0. The van der Waals surface area contributed by atoms with Crippen molar-refractivity contribution in [3.8, 4) is 22.8 Å². The maximum Gasteiger partial charge on any atom is 0.309 e. The molecular formula is C25H26F2N8O4. The van der Waals surface area contributed by atoms with Crippen molar-refractivity contribution in [2.75, 3.05) is 18.9 Å². The molecule has 4 aromatic rings. The average Bonchev–Trinajstić information content (AvgIpc) is 3.52. The van der Waals surface area contributed by atoms with Crippen LogP contribution >= 0.6 is 0 Å². The summed E-state index contributed by atoms with van der Waals surface area (Å²) in [6.07, 6.45) is 3.29. The first-order valence-electron chi connectivity index (χ1n) is 11.9. The molecule has 0 radical (unpaired) electrons. The lowest BCUT2D eigenvalue weighted by molar-refractivity contribution is -0.179. The Kier molecular flexibility index (Phi) is 6.18. The maximum absolute atomic E-state index is 14.5. The van der Waals surface area contributed by atoms with E-state index < -0.39 is 35.3 Å². The Morgan fingerprint density at radius 2 is 1.85 bits per heavy atom. The fraction of sp³-hybridized carbons (Fsp3) is 0.360. The van der Waals surface area contributed by atoms with E-state index in [1.807, 2.05) is 6.92 Å². The van der Waals surface area contributed by atoms with E-state index >= 15 is 0 Å². The molecule has 1 unspecified atom stereocenters. The number of rotatable bonds is 7. The van der Waals surface area contributed by atoms with E-state index in [4.69, 9.17) is 4.52 Å². The minimum absolute atomic E-state index is 0.0562. The molecule has 0 aromatic carbocycles. The monoisotopic (exact) mass is 540 g/mol. The van der Waals surface area contributed by atoms with E-state index in [1.54, 1.807) is 55.2 Å². The van der Waals surface area contributed by atoms with Gasteiger partial charge in [-0.05, 0) is 39.0 Å². The van der Waals surface area contributed by atoms with Crippen molar-refractivity contribution in [3.05, 3.63) is 54.2 Å². The van der Waals surface area contributed by atoms with E-state index in [0.717, 1.165) is 11.0 Å². The van der Waals surface area contributed by atoms with E-state index in [9.17, 15) is 23.8 Å². The van der Waals surface area contributed by atoms with Gasteiger partial charge in [-0.2, -0.15) is 5.10 Å². The summed E-state index contributed by atoms with van der Waals surface area (Å²) in [5.74, 6) is -5.34. The van der Waals surface area contributed by atoms with Crippen LogP contribution in [-0.4, -0.2) is 76.0 Å². The third-order valence-corrected chi connectivity index (χ3v) is 6.16. The molecule has 1 saturated heterocycles.